The molecule has 0 N–H and O–H groups in total. The minimum atomic E-state index is -3.51. The van der Waals surface area contributed by atoms with Gasteiger partial charge in [-0.2, -0.15) is 0 Å². The van der Waals surface area contributed by atoms with Gasteiger partial charge >= 0.3 is 0 Å². The van der Waals surface area contributed by atoms with Crippen LogP contribution in [0.2, 0.25) is 0 Å². The van der Waals surface area contributed by atoms with E-state index in [1.165, 1.54) is 4.31 Å². The molecule has 0 bridgehead atoms. The first-order chi connectivity index (χ1) is 11.1. The van der Waals surface area contributed by atoms with Crippen LogP contribution in [0.1, 0.15) is 45.6 Å². The van der Waals surface area contributed by atoms with Crippen molar-refractivity contribution in [2.75, 3.05) is 30.2 Å². The van der Waals surface area contributed by atoms with E-state index in [0.717, 1.165) is 44.2 Å². The van der Waals surface area contributed by atoms with Gasteiger partial charge in [0.25, 0.3) is 0 Å². The number of carbonyl (C=O) groups is 1. The smallest absolute Gasteiger partial charge is 0.243 e. The lowest BCUT2D eigenvalue weighted by Gasteiger charge is -2.30. The van der Waals surface area contributed by atoms with E-state index in [-0.39, 0.29) is 17.9 Å². The van der Waals surface area contributed by atoms with Crippen molar-refractivity contribution in [2.45, 2.75) is 45.4 Å². The predicted octanol–water partition coefficient (Wildman–Crippen LogP) is 2.76. The predicted molar refractivity (Wildman–Crippen MR) is 97.8 cm³/mol. The topological polar surface area (TPSA) is 57.7 Å². The van der Waals surface area contributed by atoms with E-state index in [9.17, 15) is 13.2 Å². The van der Waals surface area contributed by atoms with Gasteiger partial charge in [-0.15, -0.1) is 0 Å². The molecule has 1 aliphatic rings. The second-order valence-electron chi connectivity index (χ2n) is 7.51. The number of nitrogens with zero attached hydrogens (tertiary/aromatic N) is 2. The standard InChI is InChI=1S/C18H28N2O3S/c1-18(2,3)15-8-10-16(11-9-15)20(24(4,22)23)14-17(21)19-12-6-5-7-13-19/h8-11H,5-7,12-14H2,1-4H3. The molecule has 1 heterocycles. The number of rotatable bonds is 4. The van der Waals surface area contributed by atoms with Crippen molar-refractivity contribution in [2.24, 2.45) is 0 Å². The second kappa shape index (κ2) is 7.13. The highest BCUT2D eigenvalue weighted by molar-refractivity contribution is 7.92. The lowest BCUT2D eigenvalue weighted by atomic mass is 9.87. The van der Waals surface area contributed by atoms with Gasteiger partial charge in [0.1, 0.15) is 6.54 Å². The van der Waals surface area contributed by atoms with Crippen LogP contribution in [-0.2, 0) is 20.2 Å². The molecule has 1 aliphatic heterocycles. The SMILES string of the molecule is CC(C)(C)c1ccc(N(CC(=O)N2CCCCC2)S(C)(=O)=O)cc1. The van der Waals surface area contributed by atoms with Crippen molar-refractivity contribution < 1.29 is 13.2 Å². The third kappa shape index (κ3) is 4.72. The fourth-order valence-electron chi connectivity index (χ4n) is 2.89. The van der Waals surface area contributed by atoms with Crippen LogP contribution < -0.4 is 4.31 Å². The van der Waals surface area contributed by atoms with Gasteiger partial charge in [-0.25, -0.2) is 8.42 Å². The number of sulfonamides is 1. The third-order valence-corrected chi connectivity index (χ3v) is 5.55. The Hall–Kier alpha value is -1.56. The van der Waals surface area contributed by atoms with Gasteiger partial charge in [0.15, 0.2) is 0 Å². The Morgan fingerprint density at radius 2 is 1.62 bits per heavy atom. The highest BCUT2D eigenvalue weighted by atomic mass is 32.2. The van der Waals surface area contributed by atoms with Crippen molar-refractivity contribution in [3.8, 4) is 0 Å². The first-order valence-electron chi connectivity index (χ1n) is 8.45. The fourth-order valence-corrected chi connectivity index (χ4v) is 3.74. The summed E-state index contributed by atoms with van der Waals surface area (Å²) in [5.41, 5.74) is 1.66. The van der Waals surface area contributed by atoms with E-state index in [1.54, 1.807) is 17.0 Å². The van der Waals surface area contributed by atoms with Crippen molar-refractivity contribution in [1.82, 2.24) is 4.90 Å². The Bertz CT molecular complexity index is 669. The Balaban J connectivity index is 2.21. The maximum absolute atomic E-state index is 12.5. The minimum absolute atomic E-state index is 0.00191. The first-order valence-corrected chi connectivity index (χ1v) is 10.3. The molecule has 1 fully saturated rings. The van der Waals surface area contributed by atoms with Crippen molar-refractivity contribution in [1.29, 1.82) is 0 Å². The zero-order valence-corrected chi connectivity index (χ0v) is 15.9. The summed E-state index contributed by atoms with van der Waals surface area (Å²) in [6, 6.07) is 7.42. The number of anilines is 1. The third-order valence-electron chi connectivity index (χ3n) is 4.41. The molecule has 2 rings (SSSR count). The molecular weight excluding hydrogens is 324 g/mol. The van der Waals surface area contributed by atoms with Gasteiger partial charge in [0, 0.05) is 13.1 Å². The normalized spacial score (nSPS) is 16.1. The van der Waals surface area contributed by atoms with Gasteiger partial charge in [-0.3, -0.25) is 9.10 Å². The van der Waals surface area contributed by atoms with Crippen molar-refractivity contribution in [3.63, 3.8) is 0 Å². The lowest BCUT2D eigenvalue weighted by Crippen LogP contribution is -2.44. The van der Waals surface area contributed by atoms with Crippen molar-refractivity contribution >= 4 is 21.6 Å². The molecule has 5 nitrogen and oxygen atoms in total. The van der Waals surface area contributed by atoms with Crippen LogP contribution in [0.4, 0.5) is 5.69 Å². The van der Waals surface area contributed by atoms with E-state index in [4.69, 9.17) is 0 Å². The largest absolute Gasteiger partial charge is 0.341 e. The van der Waals surface area contributed by atoms with E-state index in [1.807, 2.05) is 12.1 Å². The molecule has 1 aromatic rings. The van der Waals surface area contributed by atoms with Crippen LogP contribution in [0.3, 0.4) is 0 Å². The number of hydrogen-bond donors (Lipinski definition) is 0. The fraction of sp³-hybridized carbons (Fsp3) is 0.611. The molecule has 24 heavy (non-hydrogen) atoms. The van der Waals surface area contributed by atoms with E-state index in [2.05, 4.69) is 20.8 Å². The van der Waals surface area contributed by atoms with E-state index < -0.39 is 10.0 Å². The number of hydrogen-bond acceptors (Lipinski definition) is 3. The summed E-state index contributed by atoms with van der Waals surface area (Å²) in [7, 11) is -3.51. The van der Waals surface area contributed by atoms with Crippen LogP contribution in [-0.4, -0.2) is 45.1 Å². The molecule has 0 aromatic heterocycles. The molecule has 1 aromatic carbocycles. The maximum Gasteiger partial charge on any atom is 0.243 e. The molecule has 6 heteroatoms. The molecular formula is C18H28N2O3S. The number of likely N-dealkylation sites (tertiary alicyclic amines) is 1. The highest BCUT2D eigenvalue weighted by Gasteiger charge is 2.25. The average molecular weight is 352 g/mol. The summed E-state index contributed by atoms with van der Waals surface area (Å²) in [4.78, 5) is 14.2. The zero-order chi connectivity index (χ0) is 18.0. The summed E-state index contributed by atoms with van der Waals surface area (Å²) in [5.74, 6) is -0.125. The molecule has 0 aliphatic carbocycles. The monoisotopic (exact) mass is 352 g/mol. The molecule has 134 valence electrons. The van der Waals surface area contributed by atoms with Crippen LogP contribution >= 0.6 is 0 Å². The minimum Gasteiger partial charge on any atom is -0.341 e. The molecule has 1 saturated heterocycles. The Labute approximate surface area is 145 Å². The van der Waals surface area contributed by atoms with Crippen LogP contribution in [0.5, 0.6) is 0 Å². The molecule has 0 radical (unpaired) electrons. The van der Waals surface area contributed by atoms with Gasteiger partial charge in [-0.05, 0) is 42.4 Å². The molecule has 0 saturated carbocycles. The van der Waals surface area contributed by atoms with Crippen LogP contribution in [0.25, 0.3) is 0 Å². The Kier molecular flexibility index (Phi) is 5.58. The Morgan fingerprint density at radius 3 is 2.08 bits per heavy atom. The number of amides is 1. The quantitative estimate of drug-likeness (QED) is 0.837. The Morgan fingerprint density at radius 1 is 1.08 bits per heavy atom. The van der Waals surface area contributed by atoms with Gasteiger partial charge in [0.05, 0.1) is 11.9 Å². The number of piperidine rings is 1. The van der Waals surface area contributed by atoms with Crippen LogP contribution in [0, 0.1) is 0 Å². The summed E-state index contributed by atoms with van der Waals surface area (Å²) >= 11 is 0. The molecule has 0 spiro atoms. The van der Waals surface area contributed by atoms with E-state index >= 15 is 0 Å². The van der Waals surface area contributed by atoms with E-state index in [0.29, 0.717) is 5.69 Å². The summed E-state index contributed by atoms with van der Waals surface area (Å²) in [6.45, 7) is 7.63. The summed E-state index contributed by atoms with van der Waals surface area (Å²) in [5, 5.41) is 0. The summed E-state index contributed by atoms with van der Waals surface area (Å²) < 4.78 is 25.6. The highest BCUT2D eigenvalue weighted by Crippen LogP contribution is 2.26. The summed E-state index contributed by atoms with van der Waals surface area (Å²) in [6.07, 6.45) is 4.26. The van der Waals surface area contributed by atoms with Crippen LogP contribution in [0.15, 0.2) is 24.3 Å². The molecule has 1 amide bonds. The van der Waals surface area contributed by atoms with Gasteiger partial charge in [-0.1, -0.05) is 32.9 Å². The lowest BCUT2D eigenvalue weighted by molar-refractivity contribution is -0.130. The molecule has 0 unspecified atom stereocenters. The van der Waals surface area contributed by atoms with Gasteiger partial charge < -0.3 is 4.90 Å². The molecule has 0 atom stereocenters. The zero-order valence-electron chi connectivity index (χ0n) is 15.1. The number of benzene rings is 1. The second-order valence-corrected chi connectivity index (χ2v) is 9.41. The number of carbonyl (C=O) groups excluding carboxylic acids is 1. The first kappa shape index (κ1) is 18.8. The van der Waals surface area contributed by atoms with Crippen molar-refractivity contribution in [3.05, 3.63) is 29.8 Å². The average Bonchev–Trinajstić information content (AvgIpc) is 2.51. The van der Waals surface area contributed by atoms with Gasteiger partial charge in [0.2, 0.25) is 15.9 Å². The maximum atomic E-state index is 12.5.